The van der Waals surface area contributed by atoms with E-state index in [1.54, 1.807) is 29.2 Å². The molecule has 0 saturated carbocycles. The van der Waals surface area contributed by atoms with Gasteiger partial charge in [-0.2, -0.15) is 5.26 Å². The number of rotatable bonds is 3. The summed E-state index contributed by atoms with van der Waals surface area (Å²) >= 11 is 0. The molecule has 0 aliphatic carbocycles. The number of carbonyl (C=O) groups excluding carboxylic acids is 1. The molecule has 3 rings (SSSR count). The number of anilines is 1. The molecule has 0 unspecified atom stereocenters. The van der Waals surface area contributed by atoms with Crippen LogP contribution in [-0.2, 0) is 6.54 Å². The van der Waals surface area contributed by atoms with Gasteiger partial charge in [-0.3, -0.25) is 0 Å². The molecular formula is C19H19FN4O. The summed E-state index contributed by atoms with van der Waals surface area (Å²) in [6, 6.07) is 15.8. The van der Waals surface area contributed by atoms with Gasteiger partial charge in [0.15, 0.2) is 0 Å². The lowest BCUT2D eigenvalue weighted by Gasteiger charge is -2.36. The molecule has 0 bridgehead atoms. The van der Waals surface area contributed by atoms with E-state index in [1.165, 1.54) is 6.07 Å². The first-order valence-electron chi connectivity index (χ1n) is 8.18. The van der Waals surface area contributed by atoms with Gasteiger partial charge in [-0.25, -0.2) is 9.18 Å². The van der Waals surface area contributed by atoms with Gasteiger partial charge in [-0.05, 0) is 24.3 Å². The zero-order valence-electron chi connectivity index (χ0n) is 13.8. The summed E-state index contributed by atoms with van der Waals surface area (Å²) in [7, 11) is 0. The second-order valence-corrected chi connectivity index (χ2v) is 5.89. The fourth-order valence-corrected chi connectivity index (χ4v) is 2.86. The van der Waals surface area contributed by atoms with Crippen LogP contribution in [0.25, 0.3) is 0 Å². The van der Waals surface area contributed by atoms with Gasteiger partial charge in [0.2, 0.25) is 0 Å². The van der Waals surface area contributed by atoms with Gasteiger partial charge in [0.25, 0.3) is 0 Å². The number of nitrogens with one attached hydrogen (secondary N) is 1. The van der Waals surface area contributed by atoms with Crippen molar-refractivity contribution in [2.45, 2.75) is 6.54 Å². The molecule has 6 heteroatoms. The van der Waals surface area contributed by atoms with E-state index in [4.69, 9.17) is 5.26 Å². The van der Waals surface area contributed by atoms with Gasteiger partial charge in [-0.1, -0.05) is 24.3 Å². The first kappa shape index (κ1) is 16.8. The lowest BCUT2D eigenvalue weighted by Crippen LogP contribution is -2.51. The fraction of sp³-hybridized carbons (Fsp3) is 0.263. The maximum atomic E-state index is 13.6. The van der Waals surface area contributed by atoms with Crippen molar-refractivity contribution in [1.29, 1.82) is 5.26 Å². The Hall–Kier alpha value is -3.07. The molecule has 5 nitrogen and oxygen atoms in total. The number of urea groups is 1. The molecule has 1 aliphatic rings. The monoisotopic (exact) mass is 338 g/mol. The summed E-state index contributed by atoms with van der Waals surface area (Å²) in [6.45, 7) is 2.74. The highest BCUT2D eigenvalue weighted by atomic mass is 19.1. The number of halogens is 1. The second kappa shape index (κ2) is 7.67. The zero-order valence-corrected chi connectivity index (χ0v) is 13.8. The van der Waals surface area contributed by atoms with Crippen LogP contribution >= 0.6 is 0 Å². The quantitative estimate of drug-likeness (QED) is 0.936. The van der Waals surface area contributed by atoms with Crippen molar-refractivity contribution in [2.24, 2.45) is 0 Å². The van der Waals surface area contributed by atoms with Gasteiger partial charge in [-0.15, -0.1) is 0 Å². The number of hydrogen-bond acceptors (Lipinski definition) is 3. The molecule has 1 fully saturated rings. The van der Waals surface area contributed by atoms with Crippen LogP contribution in [0.3, 0.4) is 0 Å². The molecule has 2 aromatic carbocycles. The van der Waals surface area contributed by atoms with Gasteiger partial charge in [0.1, 0.15) is 5.82 Å². The molecule has 1 aliphatic heterocycles. The SMILES string of the molecule is N#Cc1cccc(N2CCN(C(=O)NCc3ccccc3F)CC2)c1. The summed E-state index contributed by atoms with van der Waals surface area (Å²) in [5.41, 5.74) is 2.09. The van der Waals surface area contributed by atoms with Gasteiger partial charge in [0.05, 0.1) is 11.6 Å². The Bertz CT molecular complexity index is 794. The van der Waals surface area contributed by atoms with Crippen LogP contribution < -0.4 is 10.2 Å². The third kappa shape index (κ3) is 4.07. The molecule has 0 aromatic heterocycles. The standard InChI is InChI=1S/C19H19FN4O/c20-18-7-2-1-5-16(18)14-22-19(25)24-10-8-23(9-11-24)17-6-3-4-15(12-17)13-21/h1-7,12H,8-11,14H2,(H,22,25). The van der Waals surface area contributed by atoms with E-state index in [1.807, 2.05) is 18.2 Å². The first-order chi connectivity index (χ1) is 12.2. The van der Waals surface area contributed by atoms with Gasteiger partial charge in [0, 0.05) is 44.0 Å². The second-order valence-electron chi connectivity index (χ2n) is 5.89. The molecule has 1 heterocycles. The van der Waals surface area contributed by atoms with Crippen LogP contribution in [0.4, 0.5) is 14.9 Å². The summed E-state index contributed by atoms with van der Waals surface area (Å²) < 4.78 is 13.6. The normalized spacial score (nSPS) is 14.1. The molecule has 2 aromatic rings. The van der Waals surface area contributed by atoms with Crippen LogP contribution in [-0.4, -0.2) is 37.1 Å². The Morgan fingerprint density at radius 2 is 1.88 bits per heavy atom. The maximum absolute atomic E-state index is 13.6. The van der Waals surface area contributed by atoms with Crippen LogP contribution in [0.1, 0.15) is 11.1 Å². The Morgan fingerprint density at radius 1 is 1.12 bits per heavy atom. The average Bonchev–Trinajstić information content (AvgIpc) is 2.67. The molecule has 0 radical (unpaired) electrons. The predicted molar refractivity (Wildman–Crippen MR) is 93.6 cm³/mol. The maximum Gasteiger partial charge on any atom is 0.317 e. The first-order valence-corrected chi connectivity index (χ1v) is 8.18. The van der Waals surface area contributed by atoms with Gasteiger partial charge >= 0.3 is 6.03 Å². The van der Waals surface area contributed by atoms with E-state index < -0.39 is 0 Å². The number of nitrogens with zero attached hydrogens (tertiary/aromatic N) is 3. The van der Waals surface area contributed by atoms with Crippen molar-refractivity contribution in [3.05, 3.63) is 65.5 Å². The van der Waals surface area contributed by atoms with Crippen molar-refractivity contribution in [1.82, 2.24) is 10.2 Å². The van der Waals surface area contributed by atoms with Gasteiger partial charge < -0.3 is 15.1 Å². The number of amides is 2. The van der Waals surface area contributed by atoms with Crippen LogP contribution in [0.2, 0.25) is 0 Å². The highest BCUT2D eigenvalue weighted by molar-refractivity contribution is 5.74. The molecule has 1 N–H and O–H groups in total. The largest absolute Gasteiger partial charge is 0.368 e. The zero-order chi connectivity index (χ0) is 17.6. The van der Waals surface area contributed by atoms with Crippen molar-refractivity contribution in [3.8, 4) is 6.07 Å². The lowest BCUT2D eigenvalue weighted by molar-refractivity contribution is 0.194. The van der Waals surface area contributed by atoms with Crippen molar-refractivity contribution in [3.63, 3.8) is 0 Å². The van der Waals surface area contributed by atoms with Crippen LogP contribution in [0, 0.1) is 17.1 Å². The Morgan fingerprint density at radius 3 is 2.60 bits per heavy atom. The van der Waals surface area contributed by atoms with Crippen molar-refractivity contribution in [2.75, 3.05) is 31.1 Å². The number of hydrogen-bond donors (Lipinski definition) is 1. The molecule has 0 spiro atoms. The van der Waals surface area contributed by atoms with E-state index in [0.717, 1.165) is 5.69 Å². The molecular weight excluding hydrogens is 319 g/mol. The lowest BCUT2D eigenvalue weighted by atomic mass is 10.2. The molecule has 1 saturated heterocycles. The molecule has 0 atom stereocenters. The Labute approximate surface area is 146 Å². The van der Waals surface area contributed by atoms with E-state index in [9.17, 15) is 9.18 Å². The number of benzene rings is 2. The van der Waals surface area contributed by atoms with E-state index in [0.29, 0.717) is 37.3 Å². The smallest absolute Gasteiger partial charge is 0.317 e. The van der Waals surface area contributed by atoms with Crippen LogP contribution in [0.15, 0.2) is 48.5 Å². The van der Waals surface area contributed by atoms with E-state index in [-0.39, 0.29) is 18.4 Å². The number of carbonyl (C=O) groups is 1. The predicted octanol–water partition coefficient (Wildman–Crippen LogP) is 2.73. The summed E-state index contributed by atoms with van der Waals surface area (Å²) in [6.07, 6.45) is 0. The van der Waals surface area contributed by atoms with E-state index >= 15 is 0 Å². The van der Waals surface area contributed by atoms with Crippen molar-refractivity contribution >= 4 is 11.7 Å². The topological polar surface area (TPSA) is 59.4 Å². The highest BCUT2D eigenvalue weighted by Crippen LogP contribution is 2.18. The summed E-state index contributed by atoms with van der Waals surface area (Å²) in [4.78, 5) is 16.1. The minimum Gasteiger partial charge on any atom is -0.368 e. The summed E-state index contributed by atoms with van der Waals surface area (Å²) in [5, 5.41) is 11.8. The Kier molecular flexibility index (Phi) is 5.14. The van der Waals surface area contributed by atoms with Crippen molar-refractivity contribution < 1.29 is 9.18 Å². The number of piperazine rings is 1. The highest BCUT2D eigenvalue weighted by Gasteiger charge is 2.21. The molecule has 128 valence electrons. The fourth-order valence-electron chi connectivity index (χ4n) is 2.86. The average molecular weight is 338 g/mol. The van der Waals surface area contributed by atoms with E-state index in [2.05, 4.69) is 16.3 Å². The third-order valence-electron chi connectivity index (χ3n) is 4.30. The number of nitriles is 1. The van der Waals surface area contributed by atoms with Crippen LogP contribution in [0.5, 0.6) is 0 Å². The summed E-state index contributed by atoms with van der Waals surface area (Å²) in [5.74, 6) is -0.315. The Balaban J connectivity index is 1.52. The molecule has 2 amide bonds. The third-order valence-corrected chi connectivity index (χ3v) is 4.30. The minimum atomic E-state index is -0.315. The minimum absolute atomic E-state index is 0.177. The molecule has 25 heavy (non-hydrogen) atoms.